The molecule has 0 bridgehead atoms. The van der Waals surface area contributed by atoms with Gasteiger partial charge in [0.15, 0.2) is 0 Å². The van der Waals surface area contributed by atoms with E-state index in [0.29, 0.717) is 6.04 Å². The summed E-state index contributed by atoms with van der Waals surface area (Å²) in [6.07, 6.45) is 0. The van der Waals surface area contributed by atoms with E-state index in [1.807, 2.05) is 0 Å². The maximum absolute atomic E-state index is 3.53. The molecular weight excluding hydrogens is 254 g/mol. The van der Waals surface area contributed by atoms with E-state index in [1.165, 1.54) is 11.4 Å². The Morgan fingerprint density at radius 2 is 2.13 bits per heavy atom. The highest BCUT2D eigenvalue weighted by Gasteiger charge is 2.17. The molecule has 0 amide bonds. The summed E-state index contributed by atoms with van der Waals surface area (Å²) in [4.78, 5) is 2.13. The summed E-state index contributed by atoms with van der Waals surface area (Å²) in [6.45, 7) is 2.11. The molecule has 1 aliphatic rings. The molecule has 0 unspecified atom stereocenters. The van der Waals surface area contributed by atoms with E-state index in [1.54, 1.807) is 0 Å². The Balaban J connectivity index is 2.21. The van der Waals surface area contributed by atoms with Crippen molar-refractivity contribution in [3.8, 4) is 0 Å². The van der Waals surface area contributed by atoms with Crippen molar-refractivity contribution in [3.05, 3.63) is 22.7 Å². The highest BCUT2D eigenvalue weighted by atomic mass is 79.9. The van der Waals surface area contributed by atoms with E-state index in [0.717, 1.165) is 17.6 Å². The van der Waals surface area contributed by atoms with E-state index in [4.69, 9.17) is 0 Å². The zero-order chi connectivity index (χ0) is 10.8. The lowest BCUT2D eigenvalue weighted by Gasteiger charge is -2.31. The summed E-state index contributed by atoms with van der Waals surface area (Å²) < 4.78 is 1.11. The molecule has 1 aromatic carbocycles. The summed E-state index contributed by atoms with van der Waals surface area (Å²) in [5.74, 6) is 0. The van der Waals surface area contributed by atoms with Crippen LogP contribution >= 0.6 is 15.9 Å². The first-order valence-electron chi connectivity index (χ1n) is 5.11. The maximum atomic E-state index is 3.53. The topological polar surface area (TPSA) is 27.3 Å². The molecule has 4 heteroatoms. The average molecular weight is 270 g/mol. The summed E-state index contributed by atoms with van der Waals surface area (Å²) >= 11 is 3.50. The molecule has 2 rings (SSSR count). The molecule has 0 aliphatic carbocycles. The second-order valence-electron chi connectivity index (χ2n) is 4.06. The fraction of sp³-hybridized carbons (Fsp3) is 0.455. The maximum Gasteiger partial charge on any atom is 0.0597 e. The van der Waals surface area contributed by atoms with Gasteiger partial charge in [-0.3, -0.25) is 0 Å². The van der Waals surface area contributed by atoms with Crippen molar-refractivity contribution in [3.63, 3.8) is 0 Å². The van der Waals surface area contributed by atoms with Crippen LogP contribution < -0.4 is 15.5 Å². The molecule has 2 N–H and O–H groups in total. The van der Waals surface area contributed by atoms with Crippen LogP contribution in [0, 0.1) is 0 Å². The normalized spacial score (nSPS) is 15.9. The molecular formula is C11H16BrN3. The molecule has 1 fully saturated rings. The van der Waals surface area contributed by atoms with Gasteiger partial charge in [-0.05, 0) is 18.2 Å². The van der Waals surface area contributed by atoms with Gasteiger partial charge in [0.1, 0.15) is 0 Å². The lowest BCUT2D eigenvalue weighted by molar-refractivity contribution is 0.472. The SMILES string of the molecule is CN(C)c1ccc(Br)cc1NC1CNC1. The van der Waals surface area contributed by atoms with E-state index < -0.39 is 0 Å². The van der Waals surface area contributed by atoms with E-state index in [9.17, 15) is 0 Å². The van der Waals surface area contributed by atoms with Gasteiger partial charge in [-0.1, -0.05) is 15.9 Å². The highest BCUT2D eigenvalue weighted by molar-refractivity contribution is 9.10. The molecule has 0 spiro atoms. The third-order valence-electron chi connectivity index (χ3n) is 2.58. The first-order chi connectivity index (χ1) is 7.16. The van der Waals surface area contributed by atoms with Crippen LogP contribution in [0.1, 0.15) is 0 Å². The van der Waals surface area contributed by atoms with Gasteiger partial charge in [0.2, 0.25) is 0 Å². The van der Waals surface area contributed by atoms with Crippen molar-refractivity contribution < 1.29 is 0 Å². The highest BCUT2D eigenvalue weighted by Crippen LogP contribution is 2.28. The van der Waals surface area contributed by atoms with Gasteiger partial charge in [0.05, 0.1) is 17.4 Å². The van der Waals surface area contributed by atoms with E-state index in [2.05, 4.69) is 63.8 Å². The first-order valence-corrected chi connectivity index (χ1v) is 5.90. The van der Waals surface area contributed by atoms with Gasteiger partial charge in [0, 0.05) is 31.7 Å². The third-order valence-corrected chi connectivity index (χ3v) is 3.07. The Kier molecular flexibility index (Phi) is 3.17. The van der Waals surface area contributed by atoms with Crippen molar-refractivity contribution in [1.82, 2.24) is 5.32 Å². The van der Waals surface area contributed by atoms with Crippen LogP contribution in [0.5, 0.6) is 0 Å². The number of nitrogens with zero attached hydrogens (tertiary/aromatic N) is 1. The standard InChI is InChI=1S/C11H16BrN3/c1-15(2)11-4-3-8(12)5-10(11)14-9-6-13-7-9/h3-5,9,13-14H,6-7H2,1-2H3. The molecule has 1 aromatic rings. The lowest BCUT2D eigenvalue weighted by Crippen LogP contribution is -2.51. The molecule has 1 aliphatic heterocycles. The predicted octanol–water partition coefficient (Wildman–Crippen LogP) is 1.90. The summed E-state index contributed by atoms with van der Waals surface area (Å²) in [5.41, 5.74) is 2.42. The van der Waals surface area contributed by atoms with Gasteiger partial charge in [-0.15, -0.1) is 0 Å². The van der Waals surface area contributed by atoms with Gasteiger partial charge in [-0.25, -0.2) is 0 Å². The number of nitrogens with one attached hydrogen (secondary N) is 2. The minimum atomic E-state index is 0.568. The predicted molar refractivity (Wildman–Crippen MR) is 68.7 cm³/mol. The molecule has 0 saturated carbocycles. The van der Waals surface area contributed by atoms with Crippen molar-refractivity contribution in [2.45, 2.75) is 6.04 Å². The summed E-state index contributed by atoms with van der Waals surface area (Å²) in [6, 6.07) is 6.89. The minimum Gasteiger partial charge on any atom is -0.378 e. The average Bonchev–Trinajstić information content (AvgIpc) is 2.11. The smallest absolute Gasteiger partial charge is 0.0597 e. The molecule has 15 heavy (non-hydrogen) atoms. The summed E-state index contributed by atoms with van der Waals surface area (Å²) in [5, 5.41) is 6.79. The van der Waals surface area contributed by atoms with Crippen LogP contribution in [0.4, 0.5) is 11.4 Å². The van der Waals surface area contributed by atoms with E-state index >= 15 is 0 Å². The Bertz CT molecular complexity index is 348. The van der Waals surface area contributed by atoms with Gasteiger partial charge >= 0.3 is 0 Å². The van der Waals surface area contributed by atoms with Crippen LogP contribution in [0.2, 0.25) is 0 Å². The second-order valence-corrected chi connectivity index (χ2v) is 4.97. The largest absolute Gasteiger partial charge is 0.378 e. The van der Waals surface area contributed by atoms with Crippen LogP contribution in [0.15, 0.2) is 22.7 Å². The van der Waals surface area contributed by atoms with Crippen LogP contribution in [0.3, 0.4) is 0 Å². The first kappa shape index (κ1) is 10.8. The number of hydrogen-bond donors (Lipinski definition) is 2. The lowest BCUT2D eigenvalue weighted by atomic mass is 10.1. The van der Waals surface area contributed by atoms with Crippen molar-refractivity contribution in [1.29, 1.82) is 0 Å². The zero-order valence-corrected chi connectivity index (χ0v) is 10.6. The Morgan fingerprint density at radius 3 is 2.67 bits per heavy atom. The third kappa shape index (κ3) is 2.44. The number of halogens is 1. The quantitative estimate of drug-likeness (QED) is 0.878. The fourth-order valence-electron chi connectivity index (χ4n) is 1.62. The Morgan fingerprint density at radius 1 is 1.40 bits per heavy atom. The number of rotatable bonds is 3. The van der Waals surface area contributed by atoms with E-state index in [-0.39, 0.29) is 0 Å². The monoisotopic (exact) mass is 269 g/mol. The Hall–Kier alpha value is -0.740. The minimum absolute atomic E-state index is 0.568. The van der Waals surface area contributed by atoms with Crippen molar-refractivity contribution in [2.24, 2.45) is 0 Å². The number of hydrogen-bond acceptors (Lipinski definition) is 3. The van der Waals surface area contributed by atoms with Crippen LogP contribution in [-0.2, 0) is 0 Å². The summed E-state index contributed by atoms with van der Waals surface area (Å²) in [7, 11) is 4.13. The molecule has 0 radical (unpaired) electrons. The van der Waals surface area contributed by atoms with Gasteiger partial charge in [0.25, 0.3) is 0 Å². The zero-order valence-electron chi connectivity index (χ0n) is 9.05. The molecule has 82 valence electrons. The number of benzene rings is 1. The Labute approximate surface area is 99.0 Å². The van der Waals surface area contributed by atoms with Gasteiger partial charge < -0.3 is 15.5 Å². The fourth-order valence-corrected chi connectivity index (χ4v) is 1.99. The molecule has 1 saturated heterocycles. The molecule has 0 atom stereocenters. The molecule has 0 aromatic heterocycles. The molecule has 3 nitrogen and oxygen atoms in total. The second kappa shape index (κ2) is 4.41. The number of anilines is 2. The molecule has 1 heterocycles. The van der Waals surface area contributed by atoms with Gasteiger partial charge in [-0.2, -0.15) is 0 Å². The van der Waals surface area contributed by atoms with Crippen molar-refractivity contribution >= 4 is 27.3 Å². The van der Waals surface area contributed by atoms with Crippen LogP contribution in [-0.4, -0.2) is 33.2 Å². The van der Waals surface area contributed by atoms with Crippen LogP contribution in [0.25, 0.3) is 0 Å². The van der Waals surface area contributed by atoms with Crippen molar-refractivity contribution in [2.75, 3.05) is 37.4 Å².